The number of rotatable bonds is 4. The Balaban J connectivity index is 1.13. The first kappa shape index (κ1) is 32.7. The van der Waals surface area contributed by atoms with Gasteiger partial charge in [0.2, 0.25) is 0 Å². The number of aryl methyl sites for hydroxylation is 2. The van der Waals surface area contributed by atoms with Crippen molar-refractivity contribution >= 4 is 75.9 Å². The van der Waals surface area contributed by atoms with Crippen molar-refractivity contribution in [1.82, 2.24) is 19.1 Å². The second-order valence-corrected chi connectivity index (χ2v) is 15.5. The zero-order valence-corrected chi connectivity index (χ0v) is 32.1. The molecule has 0 bridgehead atoms. The Kier molecular flexibility index (Phi) is 7.02. The Morgan fingerprint density at radius 3 is 1.12 bits per heavy atom. The van der Waals surface area contributed by atoms with E-state index in [4.69, 9.17) is 9.97 Å². The number of fused-ring (bicyclic) bond motifs is 12. The molecule has 0 saturated heterocycles. The van der Waals surface area contributed by atoms with Gasteiger partial charge in [-0.2, -0.15) is 0 Å². The Morgan fingerprint density at radius 2 is 0.672 bits per heavy atom. The highest BCUT2D eigenvalue weighted by molar-refractivity contribution is 6.26. The monoisotopic (exact) mass is 740 g/mol. The molecule has 12 aromatic rings. The molecule has 0 aliphatic carbocycles. The summed E-state index contributed by atoms with van der Waals surface area (Å²) in [7, 11) is 0. The van der Waals surface area contributed by atoms with E-state index in [0.717, 1.165) is 39.3 Å². The van der Waals surface area contributed by atoms with Gasteiger partial charge in [-0.3, -0.25) is 9.13 Å². The fourth-order valence-electron chi connectivity index (χ4n) is 9.52. The molecule has 0 aliphatic heterocycles. The minimum atomic E-state index is 0.673. The third kappa shape index (κ3) is 4.75. The molecule has 0 unspecified atom stereocenters. The summed E-state index contributed by atoms with van der Waals surface area (Å²) in [5.41, 5.74) is 10.2. The van der Waals surface area contributed by atoms with Gasteiger partial charge >= 0.3 is 0 Å². The highest BCUT2D eigenvalue weighted by atomic mass is 15.1. The normalized spacial score (nSPS) is 12.0. The van der Waals surface area contributed by atoms with Crippen molar-refractivity contribution in [3.05, 3.63) is 193 Å². The van der Waals surface area contributed by atoms with Crippen LogP contribution >= 0.6 is 0 Å². The summed E-state index contributed by atoms with van der Waals surface area (Å²) in [4.78, 5) is 10.9. The smallest absolute Gasteiger partial charge is 0.163 e. The van der Waals surface area contributed by atoms with Crippen LogP contribution in [0, 0.1) is 13.8 Å². The SMILES string of the molecule is Cc1ccc(-c2nc(-n3c4ccccc4c4ccccc43)cc(-n3c4ccccc4c4ccccc43)n2)cc1-c1cc2c3ccccc3c3ccccc3c2cc1C. The van der Waals surface area contributed by atoms with Gasteiger partial charge in [0.25, 0.3) is 0 Å². The van der Waals surface area contributed by atoms with E-state index in [-0.39, 0.29) is 0 Å². The molecule has 0 radical (unpaired) electrons. The summed E-state index contributed by atoms with van der Waals surface area (Å²) in [6.45, 7) is 4.45. The third-order valence-electron chi connectivity index (χ3n) is 12.2. The second kappa shape index (κ2) is 12.5. The lowest BCUT2D eigenvalue weighted by atomic mass is 9.88. The fraction of sp³-hybridized carbons (Fsp3) is 0.0370. The summed E-state index contributed by atoms with van der Waals surface area (Å²) < 4.78 is 4.59. The van der Waals surface area contributed by atoms with Crippen molar-refractivity contribution < 1.29 is 0 Å². The fourth-order valence-corrected chi connectivity index (χ4v) is 9.52. The summed E-state index contributed by atoms with van der Waals surface area (Å²) in [5.74, 6) is 2.32. The lowest BCUT2D eigenvalue weighted by Crippen LogP contribution is -2.06. The van der Waals surface area contributed by atoms with Gasteiger partial charge in [0.05, 0.1) is 22.1 Å². The van der Waals surface area contributed by atoms with Crippen LogP contribution in [0.4, 0.5) is 0 Å². The van der Waals surface area contributed by atoms with Crippen LogP contribution in [0.5, 0.6) is 0 Å². The minimum absolute atomic E-state index is 0.673. The van der Waals surface area contributed by atoms with Crippen LogP contribution in [-0.2, 0) is 0 Å². The van der Waals surface area contributed by atoms with Crippen LogP contribution in [0.15, 0.2) is 182 Å². The van der Waals surface area contributed by atoms with E-state index in [0.29, 0.717) is 5.82 Å². The first-order chi connectivity index (χ1) is 28.6. The van der Waals surface area contributed by atoms with E-state index in [1.54, 1.807) is 0 Å². The molecular formula is C54H36N4. The standard InChI is InChI=1S/C54H36N4/c1-33-27-28-35(30-44(33)45-31-47-39-18-6-4-16-37(39)36-15-3-5-17-38(36)46(47)29-34(45)2)54-55-52(57-48-23-11-7-19-40(48)41-20-8-12-24-49(41)57)32-53(56-54)58-50-25-13-9-21-42(50)43-22-10-14-26-51(43)58/h3-32H,1-2H3. The summed E-state index contributed by atoms with van der Waals surface area (Å²) in [5, 5.41) is 12.4. The maximum atomic E-state index is 5.47. The molecule has 12 rings (SSSR count). The molecular weight excluding hydrogens is 705 g/mol. The molecule has 0 fully saturated rings. The predicted molar refractivity (Wildman–Crippen MR) is 244 cm³/mol. The second-order valence-electron chi connectivity index (χ2n) is 15.5. The Bertz CT molecular complexity index is 3420. The van der Waals surface area contributed by atoms with Crippen LogP contribution in [0.2, 0.25) is 0 Å². The average molecular weight is 741 g/mol. The molecule has 0 atom stereocenters. The molecule has 4 heteroatoms. The van der Waals surface area contributed by atoms with Gasteiger partial charge in [0, 0.05) is 33.2 Å². The van der Waals surface area contributed by atoms with E-state index >= 15 is 0 Å². The zero-order valence-electron chi connectivity index (χ0n) is 32.1. The van der Waals surface area contributed by atoms with E-state index < -0.39 is 0 Å². The van der Waals surface area contributed by atoms with Crippen molar-refractivity contribution in [2.24, 2.45) is 0 Å². The highest BCUT2D eigenvalue weighted by Crippen LogP contribution is 2.41. The Hall–Kier alpha value is -7.56. The Labute approximate surface area is 334 Å². The predicted octanol–water partition coefficient (Wildman–Crippen LogP) is 14.1. The first-order valence-corrected chi connectivity index (χ1v) is 19.9. The van der Waals surface area contributed by atoms with E-state index in [1.165, 1.54) is 76.1 Å². The molecule has 0 amide bonds. The molecule has 0 spiro atoms. The number of hydrogen-bond acceptors (Lipinski definition) is 2. The van der Waals surface area contributed by atoms with Crippen molar-refractivity contribution in [1.29, 1.82) is 0 Å². The van der Waals surface area contributed by atoms with Gasteiger partial charge in [0.15, 0.2) is 5.82 Å². The number of nitrogens with zero attached hydrogens (tertiary/aromatic N) is 4. The largest absolute Gasteiger partial charge is 0.294 e. The van der Waals surface area contributed by atoms with Crippen molar-refractivity contribution in [3.63, 3.8) is 0 Å². The van der Waals surface area contributed by atoms with Gasteiger partial charge in [-0.25, -0.2) is 9.97 Å². The lowest BCUT2D eigenvalue weighted by Gasteiger charge is -2.17. The summed E-state index contributed by atoms with van der Waals surface area (Å²) >= 11 is 0. The first-order valence-electron chi connectivity index (χ1n) is 19.9. The van der Waals surface area contributed by atoms with E-state index in [9.17, 15) is 0 Å². The molecule has 9 aromatic carbocycles. The van der Waals surface area contributed by atoms with Crippen LogP contribution in [0.3, 0.4) is 0 Å². The van der Waals surface area contributed by atoms with Crippen LogP contribution < -0.4 is 0 Å². The Morgan fingerprint density at radius 1 is 0.310 bits per heavy atom. The molecule has 0 N–H and O–H groups in total. The minimum Gasteiger partial charge on any atom is -0.294 e. The maximum Gasteiger partial charge on any atom is 0.163 e. The molecule has 3 aromatic heterocycles. The van der Waals surface area contributed by atoms with Gasteiger partial charge in [-0.05, 0) is 105 Å². The maximum absolute atomic E-state index is 5.47. The summed E-state index contributed by atoms with van der Waals surface area (Å²) in [6, 6.07) is 65.7. The molecule has 272 valence electrons. The van der Waals surface area contributed by atoms with E-state index in [1.807, 2.05) is 0 Å². The zero-order chi connectivity index (χ0) is 38.5. The van der Waals surface area contributed by atoms with Gasteiger partial charge in [0.1, 0.15) is 11.6 Å². The van der Waals surface area contributed by atoms with Gasteiger partial charge in [-0.1, -0.05) is 140 Å². The summed E-state index contributed by atoms with van der Waals surface area (Å²) in [6.07, 6.45) is 0. The third-order valence-corrected chi connectivity index (χ3v) is 12.2. The van der Waals surface area contributed by atoms with Crippen LogP contribution in [0.25, 0.3) is 110 Å². The quantitative estimate of drug-likeness (QED) is 0.168. The molecule has 58 heavy (non-hydrogen) atoms. The number of para-hydroxylation sites is 4. The van der Waals surface area contributed by atoms with Crippen molar-refractivity contribution in [2.45, 2.75) is 13.8 Å². The number of aromatic nitrogens is 4. The highest BCUT2D eigenvalue weighted by Gasteiger charge is 2.20. The molecule has 4 nitrogen and oxygen atoms in total. The van der Waals surface area contributed by atoms with Gasteiger partial charge in [-0.15, -0.1) is 0 Å². The average Bonchev–Trinajstić information content (AvgIpc) is 3.80. The number of hydrogen-bond donors (Lipinski definition) is 0. The van der Waals surface area contributed by atoms with Gasteiger partial charge < -0.3 is 0 Å². The van der Waals surface area contributed by atoms with Crippen LogP contribution in [-0.4, -0.2) is 19.1 Å². The lowest BCUT2D eigenvalue weighted by molar-refractivity contribution is 0.994. The van der Waals surface area contributed by atoms with E-state index in [2.05, 4.69) is 205 Å². The molecule has 0 saturated carbocycles. The molecule has 0 aliphatic rings. The van der Waals surface area contributed by atoms with Crippen molar-refractivity contribution in [2.75, 3.05) is 0 Å². The topological polar surface area (TPSA) is 35.6 Å². The molecule has 3 heterocycles. The number of benzene rings is 9. The van der Waals surface area contributed by atoms with Crippen molar-refractivity contribution in [3.8, 4) is 34.2 Å². The van der Waals surface area contributed by atoms with Crippen LogP contribution in [0.1, 0.15) is 11.1 Å².